The van der Waals surface area contributed by atoms with Crippen LogP contribution in [0.15, 0.2) is 41.5 Å². The Kier molecular flexibility index (Phi) is 4.29. The molecule has 3 rings (SSSR count). The fourth-order valence-electron chi connectivity index (χ4n) is 3.81. The highest BCUT2D eigenvalue weighted by molar-refractivity contribution is 14.1. The number of hydrogen-bond acceptors (Lipinski definition) is 2. The average molecular weight is 408 g/mol. The molecule has 0 aliphatic heterocycles. The minimum Gasteiger partial charge on any atom is -0.392 e. The maximum absolute atomic E-state index is 12.6. The van der Waals surface area contributed by atoms with Gasteiger partial charge in [0.25, 0.3) is 0 Å². The molecule has 1 aromatic carbocycles. The molecule has 2 nitrogen and oxygen atoms in total. The van der Waals surface area contributed by atoms with E-state index < -0.39 is 0 Å². The van der Waals surface area contributed by atoms with E-state index in [0.717, 1.165) is 39.5 Å². The number of aliphatic hydroxyl groups excluding tert-OH is 1. The summed E-state index contributed by atoms with van der Waals surface area (Å²) < 4.78 is 1.16. The number of ketones is 1. The summed E-state index contributed by atoms with van der Waals surface area (Å²) in [4.78, 5) is 12.6. The summed E-state index contributed by atoms with van der Waals surface area (Å²) in [6.07, 6.45) is 6.13. The predicted octanol–water partition coefficient (Wildman–Crippen LogP) is 4.37. The summed E-state index contributed by atoms with van der Waals surface area (Å²) in [6.45, 7) is 4.20. The van der Waals surface area contributed by atoms with Crippen LogP contribution in [0.3, 0.4) is 0 Å². The minimum absolute atomic E-state index is 0.0353. The Morgan fingerprint density at radius 2 is 2.18 bits per heavy atom. The van der Waals surface area contributed by atoms with Crippen LogP contribution in [0, 0.1) is 14.9 Å². The summed E-state index contributed by atoms with van der Waals surface area (Å²) in [7, 11) is 0. The first-order chi connectivity index (χ1) is 10.4. The number of aliphatic hydroxyl groups is 1. The quantitative estimate of drug-likeness (QED) is 0.554. The zero-order valence-electron chi connectivity index (χ0n) is 13.0. The van der Waals surface area contributed by atoms with E-state index >= 15 is 0 Å². The summed E-state index contributed by atoms with van der Waals surface area (Å²) in [5, 5.41) is 10.6. The first kappa shape index (κ1) is 15.9. The molecule has 2 aliphatic carbocycles. The van der Waals surface area contributed by atoms with Crippen molar-refractivity contribution in [2.45, 2.75) is 39.2 Å². The van der Waals surface area contributed by atoms with Crippen molar-refractivity contribution in [3.8, 4) is 0 Å². The Labute approximate surface area is 145 Å². The molecular formula is C19H21IO2. The molecule has 0 heterocycles. The first-order valence-electron chi connectivity index (χ1n) is 7.83. The smallest absolute Gasteiger partial charge is 0.182 e. The van der Waals surface area contributed by atoms with E-state index in [4.69, 9.17) is 0 Å². The van der Waals surface area contributed by atoms with Gasteiger partial charge >= 0.3 is 0 Å². The highest BCUT2D eigenvalue weighted by atomic mass is 127. The van der Waals surface area contributed by atoms with Crippen LogP contribution in [-0.2, 0) is 4.79 Å². The van der Waals surface area contributed by atoms with Crippen LogP contribution in [0.25, 0.3) is 6.08 Å². The second kappa shape index (κ2) is 5.93. The fraction of sp³-hybridized carbons (Fsp3) is 0.421. The highest BCUT2D eigenvalue weighted by Gasteiger charge is 2.48. The molecule has 22 heavy (non-hydrogen) atoms. The summed E-state index contributed by atoms with van der Waals surface area (Å²) in [6, 6.07) is 8.14. The van der Waals surface area contributed by atoms with E-state index in [0.29, 0.717) is 0 Å². The largest absolute Gasteiger partial charge is 0.392 e. The number of fused-ring (bicyclic) bond motifs is 1. The van der Waals surface area contributed by atoms with Crippen molar-refractivity contribution < 1.29 is 9.90 Å². The Morgan fingerprint density at radius 3 is 2.91 bits per heavy atom. The van der Waals surface area contributed by atoms with Crippen LogP contribution in [0.4, 0.5) is 0 Å². The molecular weight excluding hydrogens is 387 g/mol. The van der Waals surface area contributed by atoms with Gasteiger partial charge in [-0.2, -0.15) is 0 Å². The van der Waals surface area contributed by atoms with Crippen LogP contribution in [0.2, 0.25) is 0 Å². The Balaban J connectivity index is 2.06. The van der Waals surface area contributed by atoms with Crippen molar-refractivity contribution in [3.63, 3.8) is 0 Å². The van der Waals surface area contributed by atoms with Crippen molar-refractivity contribution in [1.82, 2.24) is 0 Å². The van der Waals surface area contributed by atoms with E-state index in [2.05, 4.69) is 42.5 Å². The number of rotatable bonds is 1. The van der Waals surface area contributed by atoms with Gasteiger partial charge in [-0.15, -0.1) is 0 Å². The number of carbonyl (C=O) groups is 1. The van der Waals surface area contributed by atoms with Gasteiger partial charge in [0.15, 0.2) is 5.78 Å². The fourth-order valence-corrected chi connectivity index (χ4v) is 4.38. The number of benzene rings is 1. The standard InChI is InChI=1S/C19H21IO2/c1-12-16(10-13-5-3-7-15(20)9-13)17(21)11-14-6-4-8-18(22)19(12,14)2/h3,5,7,9-12,18,22H,4,6,8H2,1-2H3/b16-10+/t12-,18-,19-/m0/s1. The van der Waals surface area contributed by atoms with Gasteiger partial charge in [-0.05, 0) is 77.6 Å². The summed E-state index contributed by atoms with van der Waals surface area (Å²) >= 11 is 2.28. The van der Waals surface area contributed by atoms with Crippen molar-refractivity contribution in [2.75, 3.05) is 0 Å². The average Bonchev–Trinajstić information content (AvgIpc) is 2.47. The second-order valence-corrected chi connectivity index (χ2v) is 7.85. The number of halogens is 1. The maximum Gasteiger partial charge on any atom is 0.182 e. The summed E-state index contributed by atoms with van der Waals surface area (Å²) in [5.41, 5.74) is 2.69. The molecule has 0 unspecified atom stereocenters. The molecule has 3 atom stereocenters. The molecule has 0 saturated heterocycles. The SMILES string of the molecule is C[C@H]1/C(=C\c2cccc(I)c2)C(=O)C=C2CCC[C@H](O)[C@]21C. The van der Waals surface area contributed by atoms with Gasteiger partial charge in [-0.3, -0.25) is 4.79 Å². The molecule has 1 N–H and O–H groups in total. The van der Waals surface area contributed by atoms with Gasteiger partial charge in [-0.1, -0.05) is 31.6 Å². The predicted molar refractivity (Wildman–Crippen MR) is 97.4 cm³/mol. The van der Waals surface area contributed by atoms with E-state index in [1.165, 1.54) is 0 Å². The lowest BCUT2D eigenvalue weighted by molar-refractivity contribution is -0.113. The summed E-state index contributed by atoms with van der Waals surface area (Å²) in [5.74, 6) is 0.140. The van der Waals surface area contributed by atoms with Gasteiger partial charge in [0.2, 0.25) is 0 Å². The van der Waals surface area contributed by atoms with Gasteiger partial charge in [0.05, 0.1) is 6.10 Å². The Bertz CT molecular complexity index is 674. The molecule has 0 spiro atoms. The molecule has 0 bridgehead atoms. The number of allylic oxidation sites excluding steroid dienone is 2. The molecule has 0 aromatic heterocycles. The molecule has 0 amide bonds. The second-order valence-electron chi connectivity index (χ2n) is 6.60. The van der Waals surface area contributed by atoms with Gasteiger partial charge < -0.3 is 5.11 Å². The molecule has 1 saturated carbocycles. The van der Waals surface area contributed by atoms with Crippen LogP contribution in [0.5, 0.6) is 0 Å². The minimum atomic E-state index is -0.366. The van der Waals surface area contributed by atoms with E-state index in [-0.39, 0.29) is 23.2 Å². The monoisotopic (exact) mass is 408 g/mol. The molecule has 2 aliphatic rings. The lowest BCUT2D eigenvalue weighted by Gasteiger charge is -2.48. The van der Waals surface area contributed by atoms with Crippen molar-refractivity contribution in [3.05, 3.63) is 50.6 Å². The molecule has 1 fully saturated rings. The highest BCUT2D eigenvalue weighted by Crippen LogP contribution is 2.51. The van der Waals surface area contributed by atoms with Crippen molar-refractivity contribution in [1.29, 1.82) is 0 Å². The van der Waals surface area contributed by atoms with Crippen molar-refractivity contribution >= 4 is 34.5 Å². The van der Waals surface area contributed by atoms with E-state index in [1.807, 2.05) is 24.3 Å². The van der Waals surface area contributed by atoms with Crippen LogP contribution >= 0.6 is 22.6 Å². The molecule has 3 heteroatoms. The number of carbonyl (C=O) groups excluding carboxylic acids is 1. The lowest BCUT2D eigenvalue weighted by atomic mass is 9.57. The van der Waals surface area contributed by atoms with Crippen LogP contribution in [0.1, 0.15) is 38.7 Å². The van der Waals surface area contributed by atoms with Gasteiger partial charge in [0.1, 0.15) is 0 Å². The number of hydrogen-bond donors (Lipinski definition) is 1. The Morgan fingerprint density at radius 1 is 1.41 bits per heavy atom. The normalized spacial score (nSPS) is 33.5. The topological polar surface area (TPSA) is 37.3 Å². The van der Waals surface area contributed by atoms with Crippen molar-refractivity contribution in [2.24, 2.45) is 11.3 Å². The van der Waals surface area contributed by atoms with Gasteiger partial charge in [0, 0.05) is 14.6 Å². The zero-order valence-corrected chi connectivity index (χ0v) is 15.1. The van der Waals surface area contributed by atoms with E-state index in [1.54, 1.807) is 6.08 Å². The molecule has 1 aromatic rings. The third kappa shape index (κ3) is 2.58. The third-order valence-electron chi connectivity index (χ3n) is 5.43. The Hall–Kier alpha value is -0.940. The van der Waals surface area contributed by atoms with Gasteiger partial charge in [-0.25, -0.2) is 0 Å². The first-order valence-corrected chi connectivity index (χ1v) is 8.91. The van der Waals surface area contributed by atoms with Crippen LogP contribution in [-0.4, -0.2) is 17.0 Å². The zero-order chi connectivity index (χ0) is 15.9. The van der Waals surface area contributed by atoms with Crippen LogP contribution < -0.4 is 0 Å². The third-order valence-corrected chi connectivity index (χ3v) is 6.11. The van der Waals surface area contributed by atoms with E-state index in [9.17, 15) is 9.90 Å². The molecule has 0 radical (unpaired) electrons. The molecule has 116 valence electrons. The lowest BCUT2D eigenvalue weighted by Crippen LogP contribution is -2.46. The maximum atomic E-state index is 12.6.